The van der Waals surface area contributed by atoms with Gasteiger partial charge in [-0.1, -0.05) is 34.1 Å². The summed E-state index contributed by atoms with van der Waals surface area (Å²) in [7, 11) is 0. The Labute approximate surface area is 124 Å². The molecule has 2 aromatic rings. The largest absolute Gasteiger partial charge is 0.481 e. The van der Waals surface area contributed by atoms with E-state index in [4.69, 9.17) is 0 Å². The van der Waals surface area contributed by atoms with Gasteiger partial charge in [-0.05, 0) is 31.9 Å². The van der Waals surface area contributed by atoms with Crippen LogP contribution >= 0.6 is 27.3 Å². The third-order valence-electron chi connectivity index (χ3n) is 3.02. The van der Waals surface area contributed by atoms with Gasteiger partial charge in [-0.15, -0.1) is 11.3 Å². The van der Waals surface area contributed by atoms with Crippen LogP contribution in [0.25, 0.3) is 0 Å². The van der Waals surface area contributed by atoms with Crippen molar-refractivity contribution < 1.29 is 9.90 Å². The number of carbonyl (C=O) groups is 1. The van der Waals surface area contributed by atoms with Crippen molar-refractivity contribution in [2.24, 2.45) is 0 Å². The Bertz CT molecular complexity index is 590. The molecule has 0 saturated carbocycles. The first-order valence-corrected chi connectivity index (χ1v) is 7.50. The molecule has 1 aromatic carbocycles. The molecule has 0 amide bonds. The summed E-state index contributed by atoms with van der Waals surface area (Å²) in [6.45, 7) is 3.88. The van der Waals surface area contributed by atoms with Crippen molar-refractivity contribution in [3.63, 3.8) is 0 Å². The molecule has 0 spiro atoms. The fourth-order valence-electron chi connectivity index (χ4n) is 1.81. The minimum absolute atomic E-state index is 0.448. The number of halogens is 1. The van der Waals surface area contributed by atoms with Crippen LogP contribution in [0.1, 0.15) is 27.1 Å². The first kappa shape index (κ1) is 14.2. The standard InChI is InChI=1S/C14H14BrNO2S/c1-8-9(2)19-13(16-8)11(14(17)18)7-10-5-3-4-6-12(10)15/h3-6,11H,7H2,1-2H3,(H,17,18). The van der Waals surface area contributed by atoms with Crippen LogP contribution in [0.2, 0.25) is 0 Å². The normalized spacial score (nSPS) is 12.4. The fourth-order valence-corrected chi connectivity index (χ4v) is 3.27. The zero-order valence-corrected chi connectivity index (χ0v) is 13.1. The van der Waals surface area contributed by atoms with Crippen LogP contribution < -0.4 is 0 Å². The van der Waals surface area contributed by atoms with Gasteiger partial charge in [0.25, 0.3) is 0 Å². The molecule has 1 aromatic heterocycles. The van der Waals surface area contributed by atoms with Crippen molar-refractivity contribution in [2.45, 2.75) is 26.2 Å². The van der Waals surface area contributed by atoms with E-state index in [9.17, 15) is 9.90 Å². The molecule has 0 saturated heterocycles. The molecule has 0 radical (unpaired) electrons. The van der Waals surface area contributed by atoms with Crippen LogP contribution in [-0.4, -0.2) is 16.1 Å². The number of aryl methyl sites for hydroxylation is 2. The summed E-state index contributed by atoms with van der Waals surface area (Å²) in [6, 6.07) is 7.69. The van der Waals surface area contributed by atoms with E-state index in [0.717, 1.165) is 20.6 Å². The van der Waals surface area contributed by atoms with Crippen LogP contribution in [0, 0.1) is 13.8 Å². The molecule has 0 aliphatic rings. The van der Waals surface area contributed by atoms with E-state index < -0.39 is 11.9 Å². The first-order chi connectivity index (χ1) is 8.99. The molecule has 0 bridgehead atoms. The van der Waals surface area contributed by atoms with Crippen LogP contribution in [0.15, 0.2) is 28.7 Å². The van der Waals surface area contributed by atoms with E-state index in [1.807, 2.05) is 38.1 Å². The molecule has 0 aliphatic heterocycles. The summed E-state index contributed by atoms with van der Waals surface area (Å²) in [5.74, 6) is -1.42. The van der Waals surface area contributed by atoms with Crippen LogP contribution in [-0.2, 0) is 11.2 Å². The molecule has 2 rings (SSSR count). The summed E-state index contributed by atoms with van der Waals surface area (Å²) >= 11 is 4.92. The molecule has 19 heavy (non-hydrogen) atoms. The minimum atomic E-state index is -0.829. The zero-order chi connectivity index (χ0) is 14.0. The Kier molecular flexibility index (Phi) is 4.37. The molecule has 1 unspecified atom stereocenters. The highest BCUT2D eigenvalue weighted by Gasteiger charge is 2.25. The van der Waals surface area contributed by atoms with E-state index in [-0.39, 0.29) is 0 Å². The second-order valence-corrected chi connectivity index (χ2v) is 6.47. The average Bonchev–Trinajstić information content (AvgIpc) is 2.68. The van der Waals surface area contributed by atoms with Gasteiger partial charge in [0.1, 0.15) is 10.9 Å². The maximum absolute atomic E-state index is 11.5. The van der Waals surface area contributed by atoms with Crippen LogP contribution in [0.3, 0.4) is 0 Å². The lowest BCUT2D eigenvalue weighted by Crippen LogP contribution is -2.14. The quantitative estimate of drug-likeness (QED) is 0.917. The number of aliphatic carboxylic acids is 1. The molecule has 5 heteroatoms. The van der Waals surface area contributed by atoms with Gasteiger partial charge in [-0.3, -0.25) is 4.79 Å². The van der Waals surface area contributed by atoms with Gasteiger partial charge in [0, 0.05) is 9.35 Å². The van der Waals surface area contributed by atoms with Crippen LogP contribution in [0.5, 0.6) is 0 Å². The summed E-state index contributed by atoms with van der Waals surface area (Å²) in [4.78, 5) is 16.9. The van der Waals surface area contributed by atoms with Gasteiger partial charge in [-0.25, -0.2) is 4.98 Å². The van der Waals surface area contributed by atoms with Crippen molar-refractivity contribution in [3.05, 3.63) is 49.9 Å². The molecule has 0 fully saturated rings. The first-order valence-electron chi connectivity index (χ1n) is 5.89. The number of nitrogens with zero attached hydrogens (tertiary/aromatic N) is 1. The maximum atomic E-state index is 11.5. The van der Waals surface area contributed by atoms with E-state index in [0.29, 0.717) is 11.4 Å². The molecule has 1 atom stereocenters. The number of rotatable bonds is 4. The van der Waals surface area contributed by atoms with Crippen molar-refractivity contribution in [2.75, 3.05) is 0 Å². The monoisotopic (exact) mass is 339 g/mol. The number of carboxylic acids is 1. The number of carboxylic acid groups (broad SMARTS) is 1. The highest BCUT2D eigenvalue weighted by atomic mass is 79.9. The number of thiazole rings is 1. The highest BCUT2D eigenvalue weighted by molar-refractivity contribution is 9.10. The molecule has 3 nitrogen and oxygen atoms in total. The maximum Gasteiger partial charge on any atom is 0.313 e. The summed E-state index contributed by atoms with van der Waals surface area (Å²) in [6.07, 6.45) is 0.448. The van der Waals surface area contributed by atoms with E-state index in [1.165, 1.54) is 11.3 Å². The fraction of sp³-hybridized carbons (Fsp3) is 0.286. The van der Waals surface area contributed by atoms with E-state index in [1.54, 1.807) is 0 Å². The highest BCUT2D eigenvalue weighted by Crippen LogP contribution is 2.29. The number of benzene rings is 1. The lowest BCUT2D eigenvalue weighted by Gasteiger charge is -2.10. The van der Waals surface area contributed by atoms with E-state index in [2.05, 4.69) is 20.9 Å². The van der Waals surface area contributed by atoms with Crippen LogP contribution in [0.4, 0.5) is 0 Å². The number of hydrogen-bond donors (Lipinski definition) is 1. The molecule has 100 valence electrons. The lowest BCUT2D eigenvalue weighted by atomic mass is 10.00. The summed E-state index contributed by atoms with van der Waals surface area (Å²) < 4.78 is 0.936. The van der Waals surface area contributed by atoms with Crippen molar-refractivity contribution >= 4 is 33.2 Å². The SMILES string of the molecule is Cc1nc(C(Cc2ccccc2Br)C(=O)O)sc1C. The summed E-state index contributed by atoms with van der Waals surface area (Å²) in [5.41, 5.74) is 1.90. The zero-order valence-electron chi connectivity index (χ0n) is 10.7. The van der Waals surface area contributed by atoms with Gasteiger partial charge >= 0.3 is 5.97 Å². The van der Waals surface area contributed by atoms with Crippen molar-refractivity contribution in [1.29, 1.82) is 0 Å². The molecule has 0 aliphatic carbocycles. The molecule has 1 heterocycles. The van der Waals surface area contributed by atoms with E-state index >= 15 is 0 Å². The number of hydrogen-bond acceptors (Lipinski definition) is 3. The average molecular weight is 340 g/mol. The van der Waals surface area contributed by atoms with Crippen molar-refractivity contribution in [3.8, 4) is 0 Å². The number of aromatic nitrogens is 1. The summed E-state index contributed by atoms with van der Waals surface area (Å²) in [5, 5.41) is 10.1. The lowest BCUT2D eigenvalue weighted by molar-refractivity contribution is -0.138. The molecular formula is C14H14BrNO2S. The molecular weight excluding hydrogens is 326 g/mol. The van der Waals surface area contributed by atoms with Gasteiger partial charge in [-0.2, -0.15) is 0 Å². The third-order valence-corrected chi connectivity index (χ3v) is 4.98. The van der Waals surface area contributed by atoms with Crippen molar-refractivity contribution in [1.82, 2.24) is 4.98 Å². The topological polar surface area (TPSA) is 50.2 Å². The third kappa shape index (κ3) is 3.22. The minimum Gasteiger partial charge on any atom is -0.481 e. The van der Waals surface area contributed by atoms with Gasteiger partial charge in [0.05, 0.1) is 5.69 Å². The Hall–Kier alpha value is -1.20. The van der Waals surface area contributed by atoms with Gasteiger partial charge in [0.15, 0.2) is 0 Å². The molecule has 1 N–H and O–H groups in total. The second kappa shape index (κ2) is 5.84. The Balaban J connectivity index is 2.32. The Morgan fingerprint density at radius 3 is 2.63 bits per heavy atom. The Morgan fingerprint density at radius 1 is 1.42 bits per heavy atom. The predicted molar refractivity (Wildman–Crippen MR) is 79.8 cm³/mol. The predicted octanol–water partition coefficient (Wildman–Crippen LogP) is 3.93. The smallest absolute Gasteiger partial charge is 0.313 e. The van der Waals surface area contributed by atoms with Gasteiger partial charge < -0.3 is 5.11 Å². The Morgan fingerprint density at radius 2 is 2.11 bits per heavy atom. The second-order valence-electron chi connectivity index (χ2n) is 4.38. The van der Waals surface area contributed by atoms with Gasteiger partial charge in [0.2, 0.25) is 0 Å².